The molecule has 2 rings (SSSR count). The summed E-state index contributed by atoms with van der Waals surface area (Å²) in [5, 5.41) is 0.425. The fourth-order valence-electron chi connectivity index (χ4n) is 2.20. The van der Waals surface area contributed by atoms with Gasteiger partial charge in [0.15, 0.2) is 0 Å². The molecule has 6 nitrogen and oxygen atoms in total. The van der Waals surface area contributed by atoms with Crippen molar-refractivity contribution in [1.29, 1.82) is 0 Å². The Kier molecular flexibility index (Phi) is 5.68. The highest BCUT2D eigenvalue weighted by atomic mass is 79.9. The predicted molar refractivity (Wildman–Crippen MR) is 102 cm³/mol. The zero-order valence-electron chi connectivity index (χ0n) is 13.6. The number of H-pyrrole nitrogens is 1. The largest absolute Gasteiger partial charge is 0.364 e. The number of hydrogen-bond acceptors (Lipinski definition) is 4. The average molecular weight is 434 g/mol. The number of hydrogen-bond donors (Lipinski definition) is 3. The minimum absolute atomic E-state index is 0.0511. The Labute approximate surface area is 154 Å². The summed E-state index contributed by atoms with van der Waals surface area (Å²) >= 11 is 4.97. The third-order valence-electron chi connectivity index (χ3n) is 3.16. The van der Waals surface area contributed by atoms with E-state index in [4.69, 9.17) is 5.73 Å². The molecule has 1 aromatic heterocycles. The lowest BCUT2D eigenvalue weighted by molar-refractivity contribution is 0.0993. The fraction of sp³-hybridized carbons (Fsp3) is 0.400. The number of primary amides is 1. The van der Waals surface area contributed by atoms with Crippen LogP contribution < -0.4 is 10.5 Å². The van der Waals surface area contributed by atoms with Crippen molar-refractivity contribution in [3.05, 3.63) is 28.4 Å². The highest BCUT2D eigenvalue weighted by Gasteiger charge is 2.27. The van der Waals surface area contributed by atoms with Gasteiger partial charge in [-0.1, -0.05) is 36.7 Å². The van der Waals surface area contributed by atoms with Crippen LogP contribution in [0, 0.1) is 0 Å². The van der Waals surface area contributed by atoms with Crippen LogP contribution in [-0.2, 0) is 10.0 Å². The number of aromatic amines is 1. The lowest BCUT2D eigenvalue weighted by atomic mass is 10.2. The zero-order valence-corrected chi connectivity index (χ0v) is 16.9. The molecule has 24 heavy (non-hydrogen) atoms. The van der Waals surface area contributed by atoms with E-state index in [0.29, 0.717) is 21.1 Å². The smallest absolute Gasteiger partial charge is 0.266 e. The summed E-state index contributed by atoms with van der Waals surface area (Å²) < 4.78 is 28.7. The molecule has 0 aliphatic rings. The Morgan fingerprint density at radius 2 is 2.04 bits per heavy atom. The molecule has 132 valence electrons. The van der Waals surface area contributed by atoms with Gasteiger partial charge in [0.25, 0.3) is 5.91 Å². The maximum Gasteiger partial charge on any atom is 0.266 e. The molecule has 0 atom stereocenters. The first kappa shape index (κ1) is 19.3. The summed E-state index contributed by atoms with van der Waals surface area (Å²) in [4.78, 5) is 14.4. The van der Waals surface area contributed by atoms with Crippen molar-refractivity contribution in [3.63, 3.8) is 0 Å². The van der Waals surface area contributed by atoms with Gasteiger partial charge in [-0.3, -0.25) is 4.79 Å². The third-order valence-corrected chi connectivity index (χ3v) is 6.47. The first-order chi connectivity index (χ1) is 11.0. The molecular formula is C15H20BrN3O3S2. The number of thioether (sulfide) groups is 1. The van der Waals surface area contributed by atoms with Gasteiger partial charge in [-0.2, -0.15) is 11.8 Å². The van der Waals surface area contributed by atoms with Gasteiger partial charge < -0.3 is 10.7 Å². The van der Waals surface area contributed by atoms with Crippen molar-refractivity contribution >= 4 is 54.5 Å². The molecule has 0 saturated carbocycles. The summed E-state index contributed by atoms with van der Waals surface area (Å²) in [7, 11) is -3.87. The van der Waals surface area contributed by atoms with Crippen molar-refractivity contribution in [2.45, 2.75) is 30.4 Å². The number of sulfonamides is 1. The maximum absolute atomic E-state index is 12.7. The molecule has 0 aliphatic heterocycles. The van der Waals surface area contributed by atoms with Crippen LogP contribution in [0.4, 0.5) is 0 Å². The second-order valence-electron chi connectivity index (χ2n) is 6.24. The van der Waals surface area contributed by atoms with Crippen LogP contribution in [0.25, 0.3) is 10.9 Å². The number of carbonyl (C=O) groups is 1. The first-order valence-electron chi connectivity index (χ1n) is 7.26. The first-order valence-corrected chi connectivity index (χ1v) is 10.5. The van der Waals surface area contributed by atoms with Crippen molar-refractivity contribution in [1.82, 2.24) is 9.71 Å². The summed E-state index contributed by atoms with van der Waals surface area (Å²) in [6.45, 7) is 6.46. The number of rotatable bonds is 6. The number of halogens is 1. The van der Waals surface area contributed by atoms with Gasteiger partial charge in [0.1, 0.15) is 10.6 Å². The van der Waals surface area contributed by atoms with Crippen LogP contribution in [0.5, 0.6) is 0 Å². The van der Waals surface area contributed by atoms with E-state index in [1.54, 1.807) is 30.0 Å². The Bertz CT molecular complexity index is 870. The third kappa shape index (κ3) is 4.53. The zero-order chi connectivity index (χ0) is 18.1. The number of nitrogens with two attached hydrogens (primary N) is 1. The Morgan fingerprint density at radius 1 is 1.38 bits per heavy atom. The second-order valence-corrected chi connectivity index (χ2v) is 10.8. The average Bonchev–Trinajstić information content (AvgIpc) is 2.82. The van der Waals surface area contributed by atoms with Gasteiger partial charge in [-0.15, -0.1) is 0 Å². The van der Waals surface area contributed by atoms with E-state index in [1.165, 1.54) is 0 Å². The quantitative estimate of drug-likeness (QED) is 0.608. The van der Waals surface area contributed by atoms with E-state index < -0.39 is 15.9 Å². The minimum atomic E-state index is -3.87. The molecule has 0 bridgehead atoms. The Balaban J connectivity index is 2.36. The SMILES string of the molecule is CC(C)(C)SCCNS(=O)(=O)c1c(C(N)=O)[nH]c2ccc(Br)cc12. The second kappa shape index (κ2) is 7.07. The van der Waals surface area contributed by atoms with Crippen LogP contribution in [0.3, 0.4) is 0 Å². The summed E-state index contributed by atoms with van der Waals surface area (Å²) in [6.07, 6.45) is 0. The van der Waals surface area contributed by atoms with Crippen LogP contribution in [-0.4, -0.2) is 36.4 Å². The van der Waals surface area contributed by atoms with E-state index >= 15 is 0 Å². The van der Waals surface area contributed by atoms with Crippen molar-refractivity contribution in [2.75, 3.05) is 12.3 Å². The van der Waals surface area contributed by atoms with Crippen LogP contribution in [0.15, 0.2) is 27.6 Å². The minimum Gasteiger partial charge on any atom is -0.364 e. The molecule has 2 aromatic rings. The Hall–Kier alpha value is -1.03. The summed E-state index contributed by atoms with van der Waals surface area (Å²) in [5.41, 5.74) is 5.77. The van der Waals surface area contributed by atoms with Crippen LogP contribution in [0.1, 0.15) is 31.3 Å². The molecular weight excluding hydrogens is 414 g/mol. The van der Waals surface area contributed by atoms with E-state index in [0.717, 1.165) is 0 Å². The number of carbonyl (C=O) groups excluding carboxylic acids is 1. The topological polar surface area (TPSA) is 105 Å². The van der Waals surface area contributed by atoms with Gasteiger partial charge in [-0.25, -0.2) is 13.1 Å². The summed E-state index contributed by atoms with van der Waals surface area (Å²) in [5.74, 6) is -0.188. The van der Waals surface area contributed by atoms with E-state index in [9.17, 15) is 13.2 Å². The van der Waals surface area contributed by atoms with Gasteiger partial charge in [0, 0.05) is 32.4 Å². The van der Waals surface area contributed by atoms with Gasteiger partial charge in [-0.05, 0) is 18.2 Å². The monoisotopic (exact) mass is 433 g/mol. The normalized spacial score (nSPS) is 12.7. The molecule has 0 spiro atoms. The molecule has 1 heterocycles. The molecule has 0 saturated heterocycles. The fourth-order valence-corrected chi connectivity index (χ4v) is 4.90. The molecule has 1 aromatic carbocycles. The number of benzene rings is 1. The maximum atomic E-state index is 12.7. The Morgan fingerprint density at radius 3 is 2.62 bits per heavy atom. The van der Waals surface area contributed by atoms with E-state index in [-0.39, 0.29) is 21.9 Å². The lowest BCUT2D eigenvalue weighted by Gasteiger charge is -2.17. The van der Waals surface area contributed by atoms with E-state index in [2.05, 4.69) is 46.4 Å². The molecule has 1 amide bonds. The van der Waals surface area contributed by atoms with Crippen LogP contribution >= 0.6 is 27.7 Å². The number of aromatic nitrogens is 1. The molecule has 0 unspecified atom stereocenters. The van der Waals surface area contributed by atoms with Gasteiger partial charge in [0.2, 0.25) is 10.0 Å². The molecule has 0 aliphatic carbocycles. The van der Waals surface area contributed by atoms with Gasteiger partial charge >= 0.3 is 0 Å². The summed E-state index contributed by atoms with van der Waals surface area (Å²) in [6, 6.07) is 5.10. The number of fused-ring (bicyclic) bond motifs is 1. The number of amides is 1. The van der Waals surface area contributed by atoms with Gasteiger partial charge in [0.05, 0.1) is 0 Å². The van der Waals surface area contributed by atoms with Crippen molar-refractivity contribution < 1.29 is 13.2 Å². The highest BCUT2D eigenvalue weighted by Crippen LogP contribution is 2.29. The predicted octanol–water partition coefficient (Wildman–Crippen LogP) is 2.84. The standard InChI is InChI=1S/C15H20BrN3O3S2/c1-15(2,3)23-7-6-18-24(21,22)13-10-8-9(16)4-5-11(10)19-12(13)14(17)20/h4-5,8,18-19H,6-7H2,1-3H3,(H2,17,20). The van der Waals surface area contributed by atoms with Crippen molar-refractivity contribution in [2.24, 2.45) is 5.73 Å². The molecule has 0 fully saturated rings. The van der Waals surface area contributed by atoms with Crippen LogP contribution in [0.2, 0.25) is 0 Å². The molecule has 9 heteroatoms. The van der Waals surface area contributed by atoms with E-state index in [1.807, 2.05) is 0 Å². The number of nitrogens with one attached hydrogen (secondary N) is 2. The molecule has 4 N–H and O–H groups in total. The lowest BCUT2D eigenvalue weighted by Crippen LogP contribution is -2.29. The highest BCUT2D eigenvalue weighted by molar-refractivity contribution is 9.10. The molecule has 0 radical (unpaired) electrons. The van der Waals surface area contributed by atoms with Crippen molar-refractivity contribution in [3.8, 4) is 0 Å².